The smallest absolute Gasteiger partial charge is 0.00834 e. The number of allylic oxidation sites excluding steroid dienone is 6. The first kappa shape index (κ1) is 8.32. The fourth-order valence-corrected chi connectivity index (χ4v) is 1.09. The highest BCUT2D eigenvalue weighted by Gasteiger charge is 1.94. The largest absolute Gasteiger partial charge is 0.0764 e. The van der Waals surface area contributed by atoms with E-state index in [0.29, 0.717) is 0 Å². The van der Waals surface area contributed by atoms with Gasteiger partial charge in [0.05, 0.1) is 0 Å². The Kier molecular flexibility index (Phi) is 3.74. The van der Waals surface area contributed by atoms with Crippen molar-refractivity contribution in [1.82, 2.24) is 0 Å². The second kappa shape index (κ2) is 4.95. The van der Waals surface area contributed by atoms with E-state index in [9.17, 15) is 0 Å². The lowest BCUT2D eigenvalue weighted by Gasteiger charge is -1.99. The first-order chi connectivity index (χ1) is 5.43. The van der Waals surface area contributed by atoms with Crippen LogP contribution in [0.1, 0.15) is 26.2 Å². The number of unbranched alkanes of at least 4 members (excludes halogenated alkanes) is 1. The predicted molar refractivity (Wildman–Crippen MR) is 50.2 cm³/mol. The summed E-state index contributed by atoms with van der Waals surface area (Å²) in [6, 6.07) is 0. The summed E-state index contributed by atoms with van der Waals surface area (Å²) in [5, 5.41) is 0. The highest BCUT2D eigenvalue weighted by Crippen LogP contribution is 2.13. The molecule has 0 atom stereocenters. The average Bonchev–Trinajstić information content (AvgIpc) is 2.28. The Morgan fingerprint density at radius 1 is 1.09 bits per heavy atom. The lowest BCUT2D eigenvalue weighted by molar-refractivity contribution is 0.793. The van der Waals surface area contributed by atoms with Crippen LogP contribution in [-0.2, 0) is 0 Å². The van der Waals surface area contributed by atoms with E-state index in [1.165, 1.54) is 24.8 Å². The third-order valence-corrected chi connectivity index (χ3v) is 1.77. The van der Waals surface area contributed by atoms with Gasteiger partial charge in [-0.15, -0.1) is 0 Å². The number of hydrogen-bond acceptors (Lipinski definition) is 0. The van der Waals surface area contributed by atoms with Crippen molar-refractivity contribution < 1.29 is 0 Å². The molecular weight excluding hydrogens is 132 g/mol. The van der Waals surface area contributed by atoms with Crippen LogP contribution in [0.2, 0.25) is 0 Å². The van der Waals surface area contributed by atoms with E-state index in [1.54, 1.807) is 0 Å². The minimum absolute atomic E-state index is 1.21. The Morgan fingerprint density at radius 2 is 1.91 bits per heavy atom. The lowest BCUT2D eigenvalue weighted by atomic mass is 10.1. The zero-order chi connectivity index (χ0) is 7.94. The molecule has 0 saturated heterocycles. The van der Waals surface area contributed by atoms with Gasteiger partial charge in [0.15, 0.2) is 0 Å². The van der Waals surface area contributed by atoms with Crippen LogP contribution in [0.15, 0.2) is 36.0 Å². The summed E-state index contributed by atoms with van der Waals surface area (Å²) in [5.41, 5.74) is 1.44. The summed E-state index contributed by atoms with van der Waals surface area (Å²) >= 11 is 0. The summed E-state index contributed by atoms with van der Waals surface area (Å²) in [6.07, 6.45) is 16.5. The van der Waals surface area contributed by atoms with E-state index >= 15 is 0 Å². The maximum absolute atomic E-state index is 2.23. The summed E-state index contributed by atoms with van der Waals surface area (Å²) in [7, 11) is 0. The van der Waals surface area contributed by atoms with E-state index in [4.69, 9.17) is 0 Å². The van der Waals surface area contributed by atoms with Gasteiger partial charge in [-0.1, -0.05) is 49.3 Å². The van der Waals surface area contributed by atoms with Gasteiger partial charge >= 0.3 is 0 Å². The molecule has 1 radical (unpaired) electrons. The van der Waals surface area contributed by atoms with Gasteiger partial charge in [-0.2, -0.15) is 0 Å². The molecule has 1 aliphatic carbocycles. The van der Waals surface area contributed by atoms with Crippen LogP contribution in [0.5, 0.6) is 0 Å². The summed E-state index contributed by atoms with van der Waals surface area (Å²) < 4.78 is 0. The van der Waals surface area contributed by atoms with Crippen molar-refractivity contribution in [3.05, 3.63) is 42.4 Å². The minimum atomic E-state index is 1.21. The van der Waals surface area contributed by atoms with Gasteiger partial charge in [0, 0.05) is 6.42 Å². The quantitative estimate of drug-likeness (QED) is 0.573. The molecule has 0 heteroatoms. The SMILES string of the molecule is CCCCC1=CC=CC=C[CH]1. The van der Waals surface area contributed by atoms with E-state index in [0.717, 1.165) is 0 Å². The van der Waals surface area contributed by atoms with Gasteiger partial charge in [0.2, 0.25) is 0 Å². The second-order valence-corrected chi connectivity index (χ2v) is 2.78. The molecule has 0 unspecified atom stereocenters. The molecule has 0 amide bonds. The fraction of sp³-hybridized carbons (Fsp3) is 0.364. The van der Waals surface area contributed by atoms with Crippen molar-refractivity contribution >= 4 is 0 Å². The zero-order valence-electron chi connectivity index (χ0n) is 7.09. The molecule has 0 saturated carbocycles. The molecule has 1 rings (SSSR count). The molecule has 0 heterocycles. The molecule has 0 bridgehead atoms. The first-order valence-electron chi connectivity index (χ1n) is 4.30. The van der Waals surface area contributed by atoms with Crippen molar-refractivity contribution in [2.75, 3.05) is 0 Å². The molecule has 0 spiro atoms. The molecule has 11 heavy (non-hydrogen) atoms. The first-order valence-corrected chi connectivity index (χ1v) is 4.30. The maximum Gasteiger partial charge on any atom is 0.00834 e. The van der Waals surface area contributed by atoms with Gasteiger partial charge in [-0.3, -0.25) is 0 Å². The lowest BCUT2D eigenvalue weighted by Crippen LogP contribution is -1.81. The number of hydrogen-bond donors (Lipinski definition) is 0. The molecule has 0 nitrogen and oxygen atoms in total. The van der Waals surface area contributed by atoms with Crippen molar-refractivity contribution in [2.45, 2.75) is 26.2 Å². The molecular formula is C11H15. The Morgan fingerprint density at radius 3 is 2.73 bits per heavy atom. The van der Waals surface area contributed by atoms with Crippen LogP contribution in [0.3, 0.4) is 0 Å². The van der Waals surface area contributed by atoms with Crippen molar-refractivity contribution in [2.24, 2.45) is 0 Å². The van der Waals surface area contributed by atoms with Crippen LogP contribution in [0, 0.1) is 6.42 Å². The maximum atomic E-state index is 2.23. The molecule has 59 valence electrons. The molecule has 0 aromatic carbocycles. The van der Waals surface area contributed by atoms with Gasteiger partial charge in [-0.25, -0.2) is 0 Å². The van der Waals surface area contributed by atoms with Gasteiger partial charge in [0.1, 0.15) is 0 Å². The standard InChI is InChI=1S/C11H15/c1-2-3-8-11-9-6-4-5-7-10-11/h4-7,9-10H,2-3,8H2,1H3. The van der Waals surface area contributed by atoms with Crippen LogP contribution < -0.4 is 0 Å². The average molecular weight is 147 g/mol. The normalized spacial score (nSPS) is 16.3. The predicted octanol–water partition coefficient (Wildman–Crippen LogP) is 3.43. The van der Waals surface area contributed by atoms with Crippen molar-refractivity contribution in [3.63, 3.8) is 0 Å². The molecule has 0 fully saturated rings. The molecule has 1 aliphatic rings. The van der Waals surface area contributed by atoms with E-state index < -0.39 is 0 Å². The summed E-state index contributed by atoms with van der Waals surface area (Å²) in [5.74, 6) is 0. The van der Waals surface area contributed by atoms with E-state index in [2.05, 4.69) is 43.7 Å². The number of rotatable bonds is 3. The Balaban J connectivity index is 2.38. The van der Waals surface area contributed by atoms with E-state index in [-0.39, 0.29) is 0 Å². The highest BCUT2D eigenvalue weighted by molar-refractivity contribution is 5.31. The summed E-state index contributed by atoms with van der Waals surface area (Å²) in [6.45, 7) is 2.23. The molecule has 0 aliphatic heterocycles. The van der Waals surface area contributed by atoms with E-state index in [1.807, 2.05) is 0 Å². The minimum Gasteiger partial charge on any atom is -0.0764 e. The van der Waals surface area contributed by atoms with Crippen LogP contribution in [-0.4, -0.2) is 0 Å². The zero-order valence-corrected chi connectivity index (χ0v) is 7.09. The van der Waals surface area contributed by atoms with Gasteiger partial charge in [-0.05, 0) is 12.8 Å². The van der Waals surface area contributed by atoms with Crippen LogP contribution >= 0.6 is 0 Å². The highest BCUT2D eigenvalue weighted by atomic mass is 14.0. The Bertz CT molecular complexity index is 182. The summed E-state index contributed by atoms with van der Waals surface area (Å²) in [4.78, 5) is 0. The molecule has 0 aromatic rings. The third-order valence-electron chi connectivity index (χ3n) is 1.77. The second-order valence-electron chi connectivity index (χ2n) is 2.78. The Hall–Kier alpha value is -0.780. The molecule has 0 aromatic heterocycles. The van der Waals surface area contributed by atoms with Crippen LogP contribution in [0.25, 0.3) is 0 Å². The fourth-order valence-electron chi connectivity index (χ4n) is 1.09. The Labute approximate surface area is 69.3 Å². The monoisotopic (exact) mass is 147 g/mol. The van der Waals surface area contributed by atoms with Crippen molar-refractivity contribution in [3.8, 4) is 0 Å². The third kappa shape index (κ3) is 3.22. The van der Waals surface area contributed by atoms with Crippen LogP contribution in [0.4, 0.5) is 0 Å². The molecule has 0 N–H and O–H groups in total. The van der Waals surface area contributed by atoms with Gasteiger partial charge < -0.3 is 0 Å². The van der Waals surface area contributed by atoms with Gasteiger partial charge in [0.25, 0.3) is 0 Å². The van der Waals surface area contributed by atoms with Crippen molar-refractivity contribution in [1.29, 1.82) is 0 Å². The topological polar surface area (TPSA) is 0 Å².